The summed E-state index contributed by atoms with van der Waals surface area (Å²) in [4.78, 5) is 10.1. The minimum Gasteiger partial charge on any atom is -0.481 e. The van der Waals surface area contributed by atoms with Gasteiger partial charge in [-0.25, -0.2) is 0 Å². The Morgan fingerprint density at radius 3 is 2.38 bits per heavy atom. The van der Waals surface area contributed by atoms with Crippen molar-refractivity contribution in [3.63, 3.8) is 0 Å². The van der Waals surface area contributed by atoms with Gasteiger partial charge in [0.05, 0.1) is 5.92 Å². The van der Waals surface area contributed by atoms with Crippen LogP contribution in [0.1, 0.15) is 20.3 Å². The highest BCUT2D eigenvalue weighted by molar-refractivity contribution is 5.71. The second kappa shape index (κ2) is 3.47. The van der Waals surface area contributed by atoms with Crippen LogP contribution in [0.25, 0.3) is 0 Å². The van der Waals surface area contributed by atoms with Gasteiger partial charge in [0.25, 0.3) is 0 Å². The van der Waals surface area contributed by atoms with Crippen LogP contribution in [0.2, 0.25) is 0 Å². The summed E-state index contributed by atoms with van der Waals surface area (Å²) in [5, 5.41) is 8.34. The molecule has 0 saturated carbocycles. The van der Waals surface area contributed by atoms with E-state index in [-0.39, 0.29) is 5.92 Å². The van der Waals surface area contributed by atoms with Crippen LogP contribution in [0.15, 0.2) is 0 Å². The molecule has 2 heteroatoms. The summed E-state index contributed by atoms with van der Waals surface area (Å²) in [7, 11) is 0. The van der Waals surface area contributed by atoms with Crippen LogP contribution in [-0.4, -0.2) is 11.1 Å². The Bertz CT molecular complexity index is 74.6. The summed E-state index contributed by atoms with van der Waals surface area (Å²) in [5.74, 6) is -0.981. The first-order valence-electron chi connectivity index (χ1n) is 2.74. The molecule has 1 unspecified atom stereocenters. The van der Waals surface area contributed by atoms with Crippen LogP contribution >= 0.6 is 0 Å². The summed E-state index contributed by atoms with van der Waals surface area (Å²) < 4.78 is 0. The zero-order chi connectivity index (χ0) is 6.57. The van der Waals surface area contributed by atoms with Crippen LogP contribution in [0.3, 0.4) is 0 Å². The third-order valence-corrected chi connectivity index (χ3v) is 1.16. The van der Waals surface area contributed by atoms with E-state index < -0.39 is 5.97 Å². The minimum absolute atomic E-state index is 0.255. The zero-order valence-electron chi connectivity index (χ0n) is 5.22. The molecular weight excluding hydrogens is 104 g/mol. The first kappa shape index (κ1) is 7.47. The summed E-state index contributed by atoms with van der Waals surface area (Å²) in [6, 6.07) is 0. The quantitative estimate of drug-likeness (QED) is 0.602. The molecule has 0 rings (SSSR count). The normalized spacial score (nSPS) is 9.88. The molecule has 1 atom stereocenters. The van der Waals surface area contributed by atoms with Gasteiger partial charge in [-0.2, -0.15) is 0 Å². The molecule has 0 amide bonds. The Labute approximate surface area is 49.5 Å². The molecule has 0 aliphatic rings. The first-order valence-corrected chi connectivity index (χ1v) is 2.74. The first-order chi connectivity index (χ1) is 3.72. The molecule has 8 heavy (non-hydrogen) atoms. The van der Waals surface area contributed by atoms with Gasteiger partial charge in [-0.05, 0) is 12.8 Å². The lowest BCUT2D eigenvalue weighted by molar-refractivity contribution is -0.140. The number of carboxylic acid groups (broad SMARTS) is 1. The number of carbonyl (C=O) groups is 1. The number of hydrogen-bond donors (Lipinski definition) is 1. The highest BCUT2D eigenvalue weighted by atomic mass is 16.4. The van der Waals surface area contributed by atoms with E-state index in [4.69, 9.17) is 5.11 Å². The molecule has 1 N–H and O–H groups in total. The van der Waals surface area contributed by atoms with Gasteiger partial charge < -0.3 is 5.11 Å². The van der Waals surface area contributed by atoms with Crippen molar-refractivity contribution in [3.8, 4) is 0 Å². The van der Waals surface area contributed by atoms with Crippen LogP contribution < -0.4 is 0 Å². The lowest BCUT2D eigenvalue weighted by Gasteiger charge is -2.02. The Balaban J connectivity index is 3.52. The molecule has 0 spiro atoms. The Morgan fingerprint density at radius 2 is 2.38 bits per heavy atom. The van der Waals surface area contributed by atoms with E-state index in [0.29, 0.717) is 6.42 Å². The predicted molar refractivity (Wildman–Crippen MR) is 31.4 cm³/mol. The van der Waals surface area contributed by atoms with E-state index in [2.05, 4.69) is 0 Å². The molecule has 0 aromatic rings. The third kappa shape index (κ3) is 1.96. The van der Waals surface area contributed by atoms with Crippen LogP contribution in [0.5, 0.6) is 0 Å². The molecule has 0 aliphatic heterocycles. The number of carboxylic acids is 1. The van der Waals surface area contributed by atoms with Crippen molar-refractivity contribution in [2.75, 3.05) is 0 Å². The van der Waals surface area contributed by atoms with Gasteiger partial charge in [-0.15, -0.1) is 0 Å². The van der Waals surface area contributed by atoms with Crippen molar-refractivity contribution in [1.82, 2.24) is 0 Å². The Morgan fingerprint density at radius 1 is 1.88 bits per heavy atom. The lowest BCUT2D eigenvalue weighted by Crippen LogP contribution is -2.11. The molecule has 0 aliphatic carbocycles. The van der Waals surface area contributed by atoms with E-state index in [1.54, 1.807) is 13.3 Å². The van der Waals surface area contributed by atoms with Gasteiger partial charge in [0.2, 0.25) is 0 Å². The number of rotatable bonds is 3. The fourth-order valence-electron chi connectivity index (χ4n) is 0.553. The molecule has 47 valence electrons. The highest BCUT2D eigenvalue weighted by Gasteiger charge is 2.10. The highest BCUT2D eigenvalue weighted by Crippen LogP contribution is 2.04. The molecule has 1 radical (unpaired) electrons. The van der Waals surface area contributed by atoms with Crippen molar-refractivity contribution < 1.29 is 9.90 Å². The molecule has 0 aromatic heterocycles. The summed E-state index contributed by atoms with van der Waals surface area (Å²) in [5.41, 5.74) is 0. The summed E-state index contributed by atoms with van der Waals surface area (Å²) >= 11 is 0. The van der Waals surface area contributed by atoms with Gasteiger partial charge in [0.15, 0.2) is 0 Å². The third-order valence-electron chi connectivity index (χ3n) is 1.16. The molecule has 2 nitrogen and oxygen atoms in total. The average Bonchev–Trinajstić information content (AvgIpc) is 1.69. The van der Waals surface area contributed by atoms with Crippen LogP contribution in [0.4, 0.5) is 0 Å². The van der Waals surface area contributed by atoms with Crippen molar-refractivity contribution in [2.24, 2.45) is 5.92 Å². The molecule has 0 heterocycles. The van der Waals surface area contributed by atoms with E-state index in [1.807, 2.05) is 6.92 Å². The smallest absolute Gasteiger partial charge is 0.306 e. The monoisotopic (exact) mass is 115 g/mol. The maximum absolute atomic E-state index is 10.1. The van der Waals surface area contributed by atoms with Gasteiger partial charge in [-0.1, -0.05) is 13.8 Å². The zero-order valence-corrected chi connectivity index (χ0v) is 5.22. The SMILES string of the molecule is C[CH]C(CC)C(=O)O. The van der Waals surface area contributed by atoms with E-state index in [9.17, 15) is 4.79 Å². The molecular formula is C6H11O2. The largest absolute Gasteiger partial charge is 0.481 e. The number of hydrogen-bond acceptors (Lipinski definition) is 1. The number of aliphatic carboxylic acids is 1. The fraction of sp³-hybridized carbons (Fsp3) is 0.667. The van der Waals surface area contributed by atoms with Gasteiger partial charge in [0, 0.05) is 0 Å². The summed E-state index contributed by atoms with van der Waals surface area (Å²) in [6.07, 6.45) is 2.38. The van der Waals surface area contributed by atoms with E-state index in [0.717, 1.165) is 0 Å². The maximum atomic E-state index is 10.1. The van der Waals surface area contributed by atoms with Gasteiger partial charge in [-0.3, -0.25) is 4.79 Å². The average molecular weight is 115 g/mol. The predicted octanol–water partition coefficient (Wildman–Crippen LogP) is 1.32. The van der Waals surface area contributed by atoms with E-state index >= 15 is 0 Å². The Kier molecular flexibility index (Phi) is 3.24. The van der Waals surface area contributed by atoms with Crippen molar-refractivity contribution in [3.05, 3.63) is 6.42 Å². The van der Waals surface area contributed by atoms with Crippen LogP contribution in [-0.2, 0) is 4.79 Å². The van der Waals surface area contributed by atoms with Crippen LogP contribution in [0, 0.1) is 12.3 Å². The second-order valence-corrected chi connectivity index (χ2v) is 1.69. The van der Waals surface area contributed by atoms with Gasteiger partial charge in [0.1, 0.15) is 0 Å². The topological polar surface area (TPSA) is 37.3 Å². The van der Waals surface area contributed by atoms with Crippen molar-refractivity contribution >= 4 is 5.97 Å². The standard InChI is InChI=1S/C6H11O2/c1-3-5(4-2)6(7)8/h3,5H,4H2,1-2H3,(H,7,8). The molecule has 0 aromatic carbocycles. The van der Waals surface area contributed by atoms with Gasteiger partial charge >= 0.3 is 5.97 Å². The molecule has 0 bridgehead atoms. The second-order valence-electron chi connectivity index (χ2n) is 1.69. The van der Waals surface area contributed by atoms with Crippen molar-refractivity contribution in [1.29, 1.82) is 0 Å². The van der Waals surface area contributed by atoms with E-state index in [1.165, 1.54) is 0 Å². The maximum Gasteiger partial charge on any atom is 0.306 e. The fourth-order valence-corrected chi connectivity index (χ4v) is 0.553. The lowest BCUT2D eigenvalue weighted by atomic mass is 10.1. The minimum atomic E-state index is -0.727. The molecule has 0 saturated heterocycles. The molecule has 0 fully saturated rings. The summed E-state index contributed by atoms with van der Waals surface area (Å²) in [6.45, 7) is 3.63. The van der Waals surface area contributed by atoms with Crippen molar-refractivity contribution in [2.45, 2.75) is 20.3 Å². The Hall–Kier alpha value is -0.530.